The zero-order valence-electron chi connectivity index (χ0n) is 17.5. The van der Waals surface area contributed by atoms with Gasteiger partial charge in [0, 0.05) is 6.54 Å². The van der Waals surface area contributed by atoms with E-state index in [0.717, 1.165) is 5.56 Å². The van der Waals surface area contributed by atoms with Gasteiger partial charge in [-0.3, -0.25) is 9.59 Å². The molecule has 3 atom stereocenters. The van der Waals surface area contributed by atoms with Crippen LogP contribution in [0.25, 0.3) is 0 Å². The van der Waals surface area contributed by atoms with Crippen molar-refractivity contribution in [1.29, 1.82) is 0 Å². The number of ether oxygens (including phenoxy) is 1. The Balaban J connectivity index is 2.12. The predicted octanol–water partition coefficient (Wildman–Crippen LogP) is 1.02. The van der Waals surface area contributed by atoms with Crippen LogP contribution in [-0.2, 0) is 20.7 Å². The molecule has 0 aromatic heterocycles. The van der Waals surface area contributed by atoms with Crippen molar-refractivity contribution < 1.29 is 24.5 Å². The number of likely N-dealkylation sites (tertiary alicyclic amines) is 1. The molecule has 0 aliphatic carbocycles. The van der Waals surface area contributed by atoms with Gasteiger partial charge in [-0.15, -0.1) is 0 Å². The molecule has 0 saturated carbocycles. The van der Waals surface area contributed by atoms with Gasteiger partial charge in [0.25, 0.3) is 0 Å². The number of amides is 1. The summed E-state index contributed by atoms with van der Waals surface area (Å²) in [6, 6.07) is 7.41. The molecule has 29 heavy (non-hydrogen) atoms. The van der Waals surface area contributed by atoms with Crippen LogP contribution in [0.5, 0.6) is 0 Å². The Labute approximate surface area is 174 Å². The van der Waals surface area contributed by atoms with Gasteiger partial charge >= 0.3 is 5.97 Å². The van der Waals surface area contributed by atoms with Crippen LogP contribution < -0.4 is 0 Å². The maximum absolute atomic E-state index is 13.0. The Morgan fingerprint density at radius 1 is 1.34 bits per heavy atom. The van der Waals surface area contributed by atoms with Crippen molar-refractivity contribution in [3.05, 3.63) is 35.9 Å². The lowest BCUT2D eigenvalue weighted by Crippen LogP contribution is -2.57. The number of hydrogen-bond donors (Lipinski definition) is 2. The summed E-state index contributed by atoms with van der Waals surface area (Å²) in [6.45, 7) is 5.26. The van der Waals surface area contributed by atoms with Crippen LogP contribution >= 0.6 is 0 Å². The summed E-state index contributed by atoms with van der Waals surface area (Å²) in [5.74, 6) is -2.80. The average Bonchev–Trinajstić information content (AvgIpc) is 3.18. The number of aryl methyl sites for hydroxylation is 1. The smallest absolute Gasteiger partial charge is 0.322 e. The lowest BCUT2D eigenvalue weighted by molar-refractivity contribution is -0.191. The lowest BCUT2D eigenvalue weighted by atomic mass is 9.98. The summed E-state index contributed by atoms with van der Waals surface area (Å²) in [5, 5.41) is 20.0. The van der Waals surface area contributed by atoms with Crippen molar-refractivity contribution in [2.45, 2.75) is 70.4 Å². The molecule has 1 fully saturated rings. The third-order valence-corrected chi connectivity index (χ3v) is 5.44. The maximum Gasteiger partial charge on any atom is 0.322 e. The molecule has 7 nitrogen and oxygen atoms in total. The van der Waals surface area contributed by atoms with E-state index in [4.69, 9.17) is 12.7 Å². The molecule has 0 unspecified atom stereocenters. The largest absolute Gasteiger partial charge is 0.465 e. The van der Waals surface area contributed by atoms with E-state index in [1.165, 1.54) is 16.6 Å². The van der Waals surface area contributed by atoms with Crippen LogP contribution in [-0.4, -0.2) is 76.8 Å². The van der Waals surface area contributed by atoms with Crippen LogP contribution in [0.2, 0.25) is 0 Å². The van der Waals surface area contributed by atoms with Gasteiger partial charge in [0.1, 0.15) is 0 Å². The first kappa shape index (κ1) is 23.4. The molecule has 1 aliphatic heterocycles. The Kier molecular flexibility index (Phi) is 8.25. The third-order valence-electron chi connectivity index (χ3n) is 5.44. The Morgan fingerprint density at radius 2 is 2.00 bits per heavy atom. The van der Waals surface area contributed by atoms with Gasteiger partial charge in [-0.1, -0.05) is 30.3 Å². The summed E-state index contributed by atoms with van der Waals surface area (Å²) < 4.78 is 5.18. The molecule has 1 aliphatic rings. The molecule has 1 aromatic rings. The minimum absolute atomic E-state index is 0.221. The van der Waals surface area contributed by atoms with Crippen molar-refractivity contribution in [2.24, 2.45) is 0 Å². The molecular weight excluding hydrogens is 371 g/mol. The summed E-state index contributed by atoms with van der Waals surface area (Å²) in [6.07, 6.45) is 2.19. The van der Waals surface area contributed by atoms with E-state index >= 15 is 0 Å². The highest BCUT2D eigenvalue weighted by Crippen LogP contribution is 2.27. The monoisotopic (exact) mass is 402 g/mol. The zero-order valence-corrected chi connectivity index (χ0v) is 17.5. The molecule has 1 heterocycles. The summed E-state index contributed by atoms with van der Waals surface area (Å²) >= 11 is 0. The number of carbonyl (C=O) groups excluding carboxylic acids is 2. The topological polar surface area (TPSA) is 90.3 Å². The average molecular weight is 402 g/mol. The molecule has 8 heteroatoms. The molecule has 1 aromatic carbocycles. The van der Waals surface area contributed by atoms with E-state index in [1.807, 2.05) is 30.3 Å². The fourth-order valence-corrected chi connectivity index (χ4v) is 3.81. The molecule has 2 radical (unpaired) electrons. The third kappa shape index (κ3) is 6.04. The van der Waals surface area contributed by atoms with Crippen molar-refractivity contribution in [3.63, 3.8) is 0 Å². The molecule has 158 valence electrons. The number of carbonyl (C=O) groups is 2. The first-order chi connectivity index (χ1) is 13.7. The van der Waals surface area contributed by atoms with Gasteiger partial charge in [0.2, 0.25) is 5.91 Å². The SMILES string of the molecule is [B]N([C@@H](C)C(=O)N1CCC[C@H]1C(C)(O)O)[C@@H](CCc1ccccc1)C(=O)OCC. The normalized spacial score (nSPS) is 19.2. The highest BCUT2D eigenvalue weighted by Gasteiger charge is 2.42. The number of nitrogens with zero attached hydrogens (tertiary/aromatic N) is 2. The van der Waals surface area contributed by atoms with Crippen molar-refractivity contribution in [2.75, 3.05) is 13.2 Å². The first-order valence-corrected chi connectivity index (χ1v) is 10.2. The molecule has 1 saturated heterocycles. The summed E-state index contributed by atoms with van der Waals surface area (Å²) in [5.41, 5.74) is 1.06. The number of esters is 1. The number of rotatable bonds is 9. The summed E-state index contributed by atoms with van der Waals surface area (Å²) in [7, 11) is 6.24. The van der Waals surface area contributed by atoms with Gasteiger partial charge in [-0.25, -0.2) is 0 Å². The summed E-state index contributed by atoms with van der Waals surface area (Å²) in [4.78, 5) is 28.3. The lowest BCUT2D eigenvalue weighted by Gasteiger charge is -2.38. The number of aliphatic hydroxyl groups is 2. The van der Waals surface area contributed by atoms with E-state index in [1.54, 1.807) is 13.8 Å². The van der Waals surface area contributed by atoms with Gasteiger partial charge in [-0.2, -0.15) is 0 Å². The minimum atomic E-state index is -1.99. The second kappa shape index (κ2) is 10.2. The van der Waals surface area contributed by atoms with Crippen LogP contribution in [0, 0.1) is 0 Å². The van der Waals surface area contributed by atoms with Crippen LogP contribution in [0.15, 0.2) is 30.3 Å². The van der Waals surface area contributed by atoms with E-state index in [2.05, 4.69) is 0 Å². The Morgan fingerprint density at radius 3 is 2.59 bits per heavy atom. The molecule has 0 bridgehead atoms. The van der Waals surface area contributed by atoms with E-state index in [0.29, 0.717) is 32.2 Å². The van der Waals surface area contributed by atoms with Gasteiger partial charge < -0.3 is 24.7 Å². The zero-order chi connectivity index (χ0) is 21.6. The van der Waals surface area contributed by atoms with Crippen molar-refractivity contribution in [1.82, 2.24) is 9.71 Å². The van der Waals surface area contributed by atoms with E-state index in [9.17, 15) is 19.8 Å². The van der Waals surface area contributed by atoms with Gasteiger partial charge in [-0.05, 0) is 52.0 Å². The molecule has 1 amide bonds. The van der Waals surface area contributed by atoms with Crippen LogP contribution in [0.4, 0.5) is 0 Å². The first-order valence-electron chi connectivity index (χ1n) is 10.2. The standard InChI is InChI=1S/C21H31BN2O5/c1-4-29-20(26)17(13-12-16-9-6-5-7-10-16)24(22)15(2)19(25)23-14-8-11-18(23)21(3,27)28/h5-7,9-10,15,17-18,27-28H,4,8,11-14H2,1-3H3/t15-,17-,18-/m0/s1. The highest BCUT2D eigenvalue weighted by atomic mass is 16.5. The second-order valence-corrected chi connectivity index (χ2v) is 7.70. The van der Waals surface area contributed by atoms with E-state index < -0.39 is 29.9 Å². The molecule has 2 rings (SSSR count). The fraction of sp³-hybridized carbons (Fsp3) is 0.619. The number of hydrogen-bond acceptors (Lipinski definition) is 6. The van der Waals surface area contributed by atoms with Crippen molar-refractivity contribution >= 4 is 19.9 Å². The fourth-order valence-electron chi connectivity index (χ4n) is 3.81. The molecule has 0 spiro atoms. The Hall–Kier alpha value is -1.90. The minimum Gasteiger partial charge on any atom is -0.465 e. The highest BCUT2D eigenvalue weighted by molar-refractivity contribution is 6.08. The van der Waals surface area contributed by atoms with E-state index in [-0.39, 0.29) is 12.5 Å². The van der Waals surface area contributed by atoms with Crippen LogP contribution in [0.3, 0.4) is 0 Å². The quantitative estimate of drug-likeness (QED) is 0.364. The van der Waals surface area contributed by atoms with Gasteiger partial charge in [0.05, 0.1) is 24.7 Å². The molecular formula is C21H31BN2O5. The van der Waals surface area contributed by atoms with Gasteiger partial charge in [0.15, 0.2) is 13.8 Å². The number of benzene rings is 1. The maximum atomic E-state index is 13.0. The van der Waals surface area contributed by atoms with Crippen LogP contribution in [0.1, 0.15) is 45.6 Å². The Bertz CT molecular complexity index is 679. The second-order valence-electron chi connectivity index (χ2n) is 7.70. The van der Waals surface area contributed by atoms with Crippen molar-refractivity contribution in [3.8, 4) is 0 Å². The predicted molar refractivity (Wildman–Crippen MR) is 110 cm³/mol. The molecule has 2 N–H and O–H groups in total.